The van der Waals surface area contributed by atoms with Crippen LogP contribution in [0.25, 0.3) is 0 Å². The molecule has 0 aliphatic heterocycles. The molecule has 0 radical (unpaired) electrons. The Labute approximate surface area is 136 Å². The van der Waals surface area contributed by atoms with Crippen LogP contribution in [0.4, 0.5) is 5.69 Å². The Morgan fingerprint density at radius 1 is 1.29 bits per heavy atom. The molecule has 0 saturated heterocycles. The first-order valence-electron chi connectivity index (χ1n) is 6.33. The molecule has 21 heavy (non-hydrogen) atoms. The molecule has 0 heterocycles. The molecule has 0 spiro atoms. The van der Waals surface area contributed by atoms with E-state index >= 15 is 0 Å². The fourth-order valence-electron chi connectivity index (χ4n) is 1.99. The minimum Gasteiger partial charge on any atom is -0.409 e. The summed E-state index contributed by atoms with van der Waals surface area (Å²) in [5.41, 5.74) is 7.67. The van der Waals surface area contributed by atoms with Gasteiger partial charge in [0.2, 0.25) is 0 Å². The van der Waals surface area contributed by atoms with Crippen LogP contribution in [0.15, 0.2) is 58.2 Å². The number of rotatable bonds is 5. The van der Waals surface area contributed by atoms with Gasteiger partial charge in [0.1, 0.15) is 5.84 Å². The molecule has 0 aliphatic carbocycles. The van der Waals surface area contributed by atoms with Crippen molar-refractivity contribution in [3.05, 3.63) is 63.6 Å². The monoisotopic (exact) mass is 367 g/mol. The lowest BCUT2D eigenvalue weighted by Crippen LogP contribution is -2.28. The van der Waals surface area contributed by atoms with Crippen LogP contribution in [0.1, 0.15) is 11.5 Å². The van der Waals surface area contributed by atoms with Crippen LogP contribution >= 0.6 is 27.5 Å². The van der Waals surface area contributed by atoms with Crippen molar-refractivity contribution in [3.8, 4) is 0 Å². The molecular weight excluding hydrogens is 354 g/mol. The number of amidine groups is 1. The number of halogens is 2. The lowest BCUT2D eigenvalue weighted by Gasteiger charge is -2.18. The lowest BCUT2D eigenvalue weighted by atomic mass is 9.98. The van der Waals surface area contributed by atoms with Crippen LogP contribution < -0.4 is 11.1 Å². The van der Waals surface area contributed by atoms with Crippen LogP contribution in [0.2, 0.25) is 5.02 Å². The third-order valence-electron chi connectivity index (χ3n) is 3.10. The van der Waals surface area contributed by atoms with E-state index in [9.17, 15) is 0 Å². The standard InChI is InChI=1S/C15H15BrClN3O/c16-13-8-11(17)6-7-14(13)19-9-12(15(18)20-21)10-4-2-1-3-5-10/h1-8,12,19,21H,9H2,(H2,18,20). The zero-order chi connectivity index (χ0) is 15.2. The molecule has 0 amide bonds. The van der Waals surface area contributed by atoms with E-state index in [1.165, 1.54) is 0 Å². The number of nitrogens with one attached hydrogen (secondary N) is 1. The van der Waals surface area contributed by atoms with Crippen molar-refractivity contribution in [3.63, 3.8) is 0 Å². The highest BCUT2D eigenvalue weighted by atomic mass is 79.9. The van der Waals surface area contributed by atoms with Gasteiger partial charge in [-0.2, -0.15) is 0 Å². The molecule has 0 saturated carbocycles. The molecule has 1 unspecified atom stereocenters. The first-order valence-corrected chi connectivity index (χ1v) is 7.50. The van der Waals surface area contributed by atoms with Crippen LogP contribution in [-0.2, 0) is 0 Å². The van der Waals surface area contributed by atoms with E-state index in [-0.39, 0.29) is 11.8 Å². The number of hydrogen-bond acceptors (Lipinski definition) is 3. The highest BCUT2D eigenvalue weighted by molar-refractivity contribution is 9.10. The van der Waals surface area contributed by atoms with Gasteiger partial charge < -0.3 is 16.3 Å². The number of nitrogens with zero attached hydrogens (tertiary/aromatic N) is 1. The Bertz CT molecular complexity index is 634. The van der Waals surface area contributed by atoms with Gasteiger partial charge in [-0.05, 0) is 39.7 Å². The van der Waals surface area contributed by atoms with Crippen molar-refractivity contribution in [1.82, 2.24) is 0 Å². The van der Waals surface area contributed by atoms with Crippen LogP contribution in [0.3, 0.4) is 0 Å². The maximum Gasteiger partial charge on any atom is 0.148 e. The highest BCUT2D eigenvalue weighted by Gasteiger charge is 2.16. The van der Waals surface area contributed by atoms with E-state index in [1.807, 2.05) is 42.5 Å². The maximum atomic E-state index is 8.96. The molecular formula is C15H15BrClN3O. The fourth-order valence-corrected chi connectivity index (χ4v) is 2.82. The molecule has 4 N–H and O–H groups in total. The van der Waals surface area contributed by atoms with Gasteiger partial charge in [-0.3, -0.25) is 0 Å². The highest BCUT2D eigenvalue weighted by Crippen LogP contribution is 2.27. The predicted molar refractivity (Wildman–Crippen MR) is 90.2 cm³/mol. The Kier molecular flexibility index (Phi) is 5.47. The number of anilines is 1. The average Bonchev–Trinajstić information content (AvgIpc) is 2.50. The Morgan fingerprint density at radius 3 is 2.62 bits per heavy atom. The summed E-state index contributed by atoms with van der Waals surface area (Å²) in [5.74, 6) is -0.0578. The number of oxime groups is 1. The van der Waals surface area contributed by atoms with Gasteiger partial charge >= 0.3 is 0 Å². The van der Waals surface area contributed by atoms with E-state index in [1.54, 1.807) is 6.07 Å². The van der Waals surface area contributed by atoms with Gasteiger partial charge in [-0.25, -0.2) is 0 Å². The quantitative estimate of drug-likeness (QED) is 0.323. The Morgan fingerprint density at radius 2 is 2.00 bits per heavy atom. The Balaban J connectivity index is 2.17. The van der Waals surface area contributed by atoms with E-state index < -0.39 is 0 Å². The van der Waals surface area contributed by atoms with Crippen molar-refractivity contribution in [2.45, 2.75) is 5.92 Å². The molecule has 4 nitrogen and oxygen atoms in total. The minimum absolute atomic E-state index is 0.166. The number of hydrogen-bond donors (Lipinski definition) is 3. The van der Waals surface area contributed by atoms with Gasteiger partial charge in [0.05, 0.1) is 5.92 Å². The largest absolute Gasteiger partial charge is 0.409 e. The van der Waals surface area contributed by atoms with Crippen molar-refractivity contribution >= 4 is 39.1 Å². The average molecular weight is 369 g/mol. The summed E-state index contributed by atoms with van der Waals surface area (Å²) >= 11 is 9.37. The molecule has 0 aromatic heterocycles. The number of benzene rings is 2. The van der Waals surface area contributed by atoms with Crippen LogP contribution in [0.5, 0.6) is 0 Å². The van der Waals surface area contributed by atoms with E-state index in [2.05, 4.69) is 26.4 Å². The smallest absolute Gasteiger partial charge is 0.148 e. The number of nitrogens with two attached hydrogens (primary N) is 1. The summed E-state index contributed by atoms with van der Waals surface area (Å²) in [6, 6.07) is 15.1. The SMILES string of the molecule is N/C(=N/O)C(CNc1ccc(Cl)cc1Br)c1ccccc1. The Hall–Kier alpha value is -1.72. The van der Waals surface area contributed by atoms with Crippen molar-refractivity contribution in [2.75, 3.05) is 11.9 Å². The summed E-state index contributed by atoms with van der Waals surface area (Å²) < 4.78 is 0.862. The van der Waals surface area contributed by atoms with Crippen LogP contribution in [-0.4, -0.2) is 17.6 Å². The van der Waals surface area contributed by atoms with Crippen molar-refractivity contribution in [2.24, 2.45) is 10.9 Å². The second-order valence-electron chi connectivity index (χ2n) is 4.49. The molecule has 2 aromatic carbocycles. The molecule has 1 atom stereocenters. The summed E-state index contributed by atoms with van der Waals surface area (Å²) in [4.78, 5) is 0. The third-order valence-corrected chi connectivity index (χ3v) is 3.99. The molecule has 2 rings (SSSR count). The zero-order valence-corrected chi connectivity index (χ0v) is 13.5. The molecule has 110 valence electrons. The zero-order valence-electron chi connectivity index (χ0n) is 11.1. The minimum atomic E-state index is -0.223. The summed E-state index contributed by atoms with van der Waals surface area (Å²) in [6.45, 7) is 0.500. The molecule has 0 fully saturated rings. The second-order valence-corrected chi connectivity index (χ2v) is 5.78. The normalized spacial score (nSPS) is 13.0. The van der Waals surface area contributed by atoms with E-state index in [0.29, 0.717) is 11.6 Å². The summed E-state index contributed by atoms with van der Waals surface area (Å²) in [6.07, 6.45) is 0. The third kappa shape index (κ3) is 4.12. The maximum absolute atomic E-state index is 8.96. The van der Waals surface area contributed by atoms with Gasteiger partial charge in [0, 0.05) is 21.7 Å². The van der Waals surface area contributed by atoms with Crippen molar-refractivity contribution in [1.29, 1.82) is 0 Å². The van der Waals surface area contributed by atoms with Crippen LogP contribution in [0, 0.1) is 0 Å². The lowest BCUT2D eigenvalue weighted by molar-refractivity contribution is 0.316. The predicted octanol–water partition coefficient (Wildman–Crippen LogP) is 4.04. The first-order chi connectivity index (χ1) is 10.1. The van der Waals surface area contributed by atoms with E-state index in [0.717, 1.165) is 15.7 Å². The first kappa shape index (κ1) is 15.7. The summed E-state index contributed by atoms with van der Waals surface area (Å²) in [7, 11) is 0. The second kappa shape index (κ2) is 7.33. The van der Waals surface area contributed by atoms with Gasteiger partial charge in [0.15, 0.2) is 0 Å². The van der Waals surface area contributed by atoms with Crippen molar-refractivity contribution < 1.29 is 5.21 Å². The molecule has 6 heteroatoms. The van der Waals surface area contributed by atoms with Gasteiger partial charge in [-0.1, -0.05) is 47.1 Å². The van der Waals surface area contributed by atoms with Gasteiger partial charge in [0.25, 0.3) is 0 Å². The molecule has 0 bridgehead atoms. The molecule has 2 aromatic rings. The fraction of sp³-hybridized carbons (Fsp3) is 0.133. The van der Waals surface area contributed by atoms with Gasteiger partial charge in [-0.15, -0.1) is 0 Å². The summed E-state index contributed by atoms with van der Waals surface area (Å²) in [5, 5.41) is 16.0. The molecule has 0 aliphatic rings. The van der Waals surface area contributed by atoms with E-state index in [4.69, 9.17) is 22.5 Å². The topological polar surface area (TPSA) is 70.6 Å².